The number of likely N-dealkylation sites (tertiary alicyclic amines) is 1. The lowest BCUT2D eigenvalue weighted by atomic mass is 10.0. The summed E-state index contributed by atoms with van der Waals surface area (Å²) >= 11 is 0. The number of hydrogen-bond donors (Lipinski definition) is 2. The van der Waals surface area contributed by atoms with E-state index in [0.717, 1.165) is 13.0 Å². The SMILES string of the molecule is CC1CCNC1C(=O)N1CCC(C)(O)C1. The van der Waals surface area contributed by atoms with Gasteiger partial charge in [0.15, 0.2) is 0 Å². The van der Waals surface area contributed by atoms with Crippen LogP contribution < -0.4 is 5.32 Å². The monoisotopic (exact) mass is 212 g/mol. The van der Waals surface area contributed by atoms with Gasteiger partial charge in [-0.05, 0) is 32.2 Å². The van der Waals surface area contributed by atoms with Crippen LogP contribution >= 0.6 is 0 Å². The fourth-order valence-electron chi connectivity index (χ4n) is 2.49. The molecule has 4 heteroatoms. The summed E-state index contributed by atoms with van der Waals surface area (Å²) < 4.78 is 0. The molecule has 0 aromatic carbocycles. The predicted octanol–water partition coefficient (Wildman–Crippen LogP) is -0.0323. The molecule has 3 unspecified atom stereocenters. The smallest absolute Gasteiger partial charge is 0.240 e. The van der Waals surface area contributed by atoms with E-state index >= 15 is 0 Å². The summed E-state index contributed by atoms with van der Waals surface area (Å²) in [5.41, 5.74) is -0.683. The van der Waals surface area contributed by atoms with Crippen LogP contribution in [-0.4, -0.2) is 47.2 Å². The van der Waals surface area contributed by atoms with Crippen LogP contribution in [0.25, 0.3) is 0 Å². The summed E-state index contributed by atoms with van der Waals surface area (Å²) in [4.78, 5) is 13.9. The quantitative estimate of drug-likeness (QED) is 0.641. The predicted molar refractivity (Wildman–Crippen MR) is 57.4 cm³/mol. The summed E-state index contributed by atoms with van der Waals surface area (Å²) in [6.45, 7) is 6.01. The average molecular weight is 212 g/mol. The van der Waals surface area contributed by atoms with Gasteiger partial charge in [0.25, 0.3) is 0 Å². The molecule has 0 bridgehead atoms. The number of carbonyl (C=O) groups is 1. The zero-order valence-electron chi connectivity index (χ0n) is 9.49. The Morgan fingerprint density at radius 3 is 2.80 bits per heavy atom. The first-order valence-corrected chi connectivity index (χ1v) is 5.74. The third-order valence-electron chi connectivity index (χ3n) is 3.56. The van der Waals surface area contributed by atoms with Gasteiger partial charge >= 0.3 is 0 Å². The summed E-state index contributed by atoms with van der Waals surface area (Å²) in [6, 6.07) is -0.0288. The number of nitrogens with one attached hydrogen (secondary N) is 1. The molecule has 0 saturated carbocycles. The number of hydrogen-bond acceptors (Lipinski definition) is 3. The van der Waals surface area contributed by atoms with Gasteiger partial charge in [-0.15, -0.1) is 0 Å². The molecule has 3 atom stereocenters. The minimum atomic E-state index is -0.683. The first kappa shape index (κ1) is 10.9. The Morgan fingerprint density at radius 1 is 1.60 bits per heavy atom. The van der Waals surface area contributed by atoms with Crippen LogP contribution in [0.2, 0.25) is 0 Å². The van der Waals surface area contributed by atoms with Crippen molar-refractivity contribution in [1.82, 2.24) is 10.2 Å². The van der Waals surface area contributed by atoms with Crippen LogP contribution in [0, 0.1) is 5.92 Å². The molecule has 2 aliphatic rings. The van der Waals surface area contributed by atoms with Crippen molar-refractivity contribution in [2.45, 2.75) is 38.3 Å². The number of carbonyl (C=O) groups excluding carboxylic acids is 1. The zero-order valence-corrected chi connectivity index (χ0v) is 9.49. The van der Waals surface area contributed by atoms with Gasteiger partial charge in [0.1, 0.15) is 0 Å². The highest BCUT2D eigenvalue weighted by atomic mass is 16.3. The Bertz CT molecular complexity index is 265. The number of amides is 1. The van der Waals surface area contributed by atoms with E-state index in [9.17, 15) is 9.90 Å². The summed E-state index contributed by atoms with van der Waals surface area (Å²) in [7, 11) is 0. The minimum Gasteiger partial charge on any atom is -0.388 e. The Hall–Kier alpha value is -0.610. The van der Waals surface area contributed by atoms with E-state index in [2.05, 4.69) is 12.2 Å². The first-order valence-electron chi connectivity index (χ1n) is 5.74. The standard InChI is InChI=1S/C11H20N2O2/c1-8-3-5-12-9(8)10(14)13-6-4-11(2,15)7-13/h8-9,12,15H,3-7H2,1-2H3. The molecular formula is C11H20N2O2. The highest BCUT2D eigenvalue weighted by molar-refractivity contribution is 5.83. The molecule has 2 saturated heterocycles. The maximum absolute atomic E-state index is 12.1. The third-order valence-corrected chi connectivity index (χ3v) is 3.56. The Balaban J connectivity index is 1.97. The van der Waals surface area contributed by atoms with Crippen molar-refractivity contribution < 1.29 is 9.90 Å². The number of β-amino-alcohol motifs (C(OH)–C–C–N with tert-alkyl or cyclic N) is 1. The van der Waals surface area contributed by atoms with Crippen molar-refractivity contribution in [1.29, 1.82) is 0 Å². The van der Waals surface area contributed by atoms with E-state index in [1.165, 1.54) is 0 Å². The Kier molecular flexibility index (Phi) is 2.73. The number of aliphatic hydroxyl groups is 1. The molecule has 2 fully saturated rings. The summed E-state index contributed by atoms with van der Waals surface area (Å²) in [6.07, 6.45) is 1.76. The van der Waals surface area contributed by atoms with Crippen molar-refractivity contribution in [3.63, 3.8) is 0 Å². The van der Waals surface area contributed by atoms with Gasteiger partial charge in [-0.2, -0.15) is 0 Å². The molecule has 0 aliphatic carbocycles. The highest BCUT2D eigenvalue weighted by Gasteiger charge is 2.39. The normalized spacial score (nSPS) is 41.1. The molecule has 86 valence electrons. The van der Waals surface area contributed by atoms with Gasteiger partial charge < -0.3 is 15.3 Å². The maximum Gasteiger partial charge on any atom is 0.240 e. The van der Waals surface area contributed by atoms with Gasteiger partial charge in [0.2, 0.25) is 5.91 Å². The molecule has 2 rings (SSSR count). The molecule has 0 radical (unpaired) electrons. The first-order chi connectivity index (χ1) is 6.99. The molecule has 2 N–H and O–H groups in total. The minimum absolute atomic E-state index is 0.0288. The second-order valence-corrected chi connectivity index (χ2v) is 5.20. The van der Waals surface area contributed by atoms with Crippen LogP contribution in [0.1, 0.15) is 26.7 Å². The lowest BCUT2D eigenvalue weighted by molar-refractivity contribution is -0.133. The molecule has 2 aliphatic heterocycles. The van der Waals surface area contributed by atoms with Gasteiger partial charge in [0, 0.05) is 13.1 Å². The second-order valence-electron chi connectivity index (χ2n) is 5.20. The van der Waals surface area contributed by atoms with E-state index < -0.39 is 5.60 Å². The van der Waals surface area contributed by atoms with E-state index in [4.69, 9.17) is 0 Å². The van der Waals surface area contributed by atoms with Crippen molar-refractivity contribution in [3.05, 3.63) is 0 Å². The number of nitrogens with zero attached hydrogens (tertiary/aromatic N) is 1. The Labute approximate surface area is 90.6 Å². The molecule has 0 aromatic rings. The van der Waals surface area contributed by atoms with Crippen molar-refractivity contribution in [2.75, 3.05) is 19.6 Å². The van der Waals surface area contributed by atoms with Crippen molar-refractivity contribution >= 4 is 5.91 Å². The Morgan fingerprint density at radius 2 is 2.33 bits per heavy atom. The fraction of sp³-hybridized carbons (Fsp3) is 0.909. The molecule has 1 amide bonds. The van der Waals surface area contributed by atoms with Crippen molar-refractivity contribution in [3.8, 4) is 0 Å². The van der Waals surface area contributed by atoms with E-state index in [-0.39, 0.29) is 11.9 Å². The van der Waals surface area contributed by atoms with Gasteiger partial charge in [-0.1, -0.05) is 6.92 Å². The topological polar surface area (TPSA) is 52.6 Å². The largest absolute Gasteiger partial charge is 0.388 e. The maximum atomic E-state index is 12.1. The van der Waals surface area contributed by atoms with Crippen LogP contribution in [-0.2, 0) is 4.79 Å². The molecule has 2 heterocycles. The fourth-order valence-corrected chi connectivity index (χ4v) is 2.49. The van der Waals surface area contributed by atoms with E-state index in [1.54, 1.807) is 11.8 Å². The van der Waals surface area contributed by atoms with Crippen LogP contribution in [0.15, 0.2) is 0 Å². The summed E-state index contributed by atoms with van der Waals surface area (Å²) in [5, 5.41) is 13.0. The van der Waals surface area contributed by atoms with Crippen LogP contribution in [0.4, 0.5) is 0 Å². The molecule has 4 nitrogen and oxygen atoms in total. The van der Waals surface area contributed by atoms with Gasteiger partial charge in [0.05, 0.1) is 11.6 Å². The average Bonchev–Trinajstić information content (AvgIpc) is 2.71. The summed E-state index contributed by atoms with van der Waals surface area (Å²) in [5.74, 6) is 0.584. The molecular weight excluding hydrogens is 192 g/mol. The zero-order chi connectivity index (χ0) is 11.1. The van der Waals surface area contributed by atoms with E-state index in [1.807, 2.05) is 0 Å². The molecule has 0 aromatic heterocycles. The molecule has 15 heavy (non-hydrogen) atoms. The van der Waals surface area contributed by atoms with Gasteiger partial charge in [-0.3, -0.25) is 4.79 Å². The third kappa shape index (κ3) is 2.16. The highest BCUT2D eigenvalue weighted by Crippen LogP contribution is 2.24. The molecule has 0 spiro atoms. The lowest BCUT2D eigenvalue weighted by Crippen LogP contribution is -2.46. The van der Waals surface area contributed by atoms with Crippen molar-refractivity contribution in [2.24, 2.45) is 5.92 Å². The van der Waals surface area contributed by atoms with Gasteiger partial charge in [-0.25, -0.2) is 0 Å². The van der Waals surface area contributed by atoms with E-state index in [0.29, 0.717) is 25.4 Å². The lowest BCUT2D eigenvalue weighted by Gasteiger charge is -2.24. The number of rotatable bonds is 1. The van der Waals surface area contributed by atoms with Crippen LogP contribution in [0.3, 0.4) is 0 Å². The van der Waals surface area contributed by atoms with Crippen LogP contribution in [0.5, 0.6) is 0 Å². The second kappa shape index (κ2) is 3.76.